The maximum atomic E-state index is 12.1. The van der Waals surface area contributed by atoms with E-state index in [2.05, 4.69) is 5.32 Å². The lowest BCUT2D eigenvalue weighted by Crippen LogP contribution is -2.30. The van der Waals surface area contributed by atoms with Gasteiger partial charge in [-0.1, -0.05) is 6.07 Å². The number of hydrogen-bond donors (Lipinski definition) is 1. The number of carbonyl (C=O) groups excluding carboxylic acids is 3. The lowest BCUT2D eigenvalue weighted by atomic mass is 10.4. The van der Waals surface area contributed by atoms with Crippen LogP contribution < -0.4 is 5.32 Å². The Morgan fingerprint density at radius 1 is 1.19 bits per heavy atom. The fraction of sp³-hybridized carbons (Fsp3) is 0.167. The van der Waals surface area contributed by atoms with Crippen LogP contribution in [0.1, 0.15) is 25.1 Å². The van der Waals surface area contributed by atoms with Crippen LogP contribution in [0.15, 0.2) is 52.5 Å². The second-order valence-electron chi connectivity index (χ2n) is 5.50. The third-order valence-corrected chi connectivity index (χ3v) is 5.36. The summed E-state index contributed by atoms with van der Waals surface area (Å²) in [6, 6.07) is 10.1. The number of hydrogen-bond acceptors (Lipinski definition) is 7. The summed E-state index contributed by atoms with van der Waals surface area (Å²) in [7, 11) is 1.66. The Morgan fingerprint density at radius 2 is 2.04 bits per heavy atom. The summed E-state index contributed by atoms with van der Waals surface area (Å²) in [6.07, 6.45) is 1.40. The molecule has 0 atom stereocenters. The molecule has 27 heavy (non-hydrogen) atoms. The predicted molar refractivity (Wildman–Crippen MR) is 102 cm³/mol. The fourth-order valence-electron chi connectivity index (χ4n) is 2.13. The van der Waals surface area contributed by atoms with E-state index in [1.165, 1.54) is 23.3 Å². The van der Waals surface area contributed by atoms with E-state index in [-0.39, 0.29) is 18.3 Å². The SMILES string of the molecule is CN(Cc1cccs1)C(=O)COC(=O)c1ccc(NC(=O)c2ccco2)s1. The molecule has 0 fully saturated rings. The summed E-state index contributed by atoms with van der Waals surface area (Å²) in [6.45, 7) is 0.128. The molecule has 140 valence electrons. The summed E-state index contributed by atoms with van der Waals surface area (Å²) in [5.41, 5.74) is 0. The highest BCUT2D eigenvalue weighted by atomic mass is 32.1. The molecule has 0 aliphatic carbocycles. The van der Waals surface area contributed by atoms with E-state index in [1.54, 1.807) is 30.5 Å². The summed E-state index contributed by atoms with van der Waals surface area (Å²) >= 11 is 2.61. The lowest BCUT2D eigenvalue weighted by Gasteiger charge is -2.15. The molecule has 0 aliphatic rings. The number of carbonyl (C=O) groups is 3. The van der Waals surface area contributed by atoms with Crippen molar-refractivity contribution in [3.05, 3.63) is 63.6 Å². The molecule has 9 heteroatoms. The van der Waals surface area contributed by atoms with Crippen LogP contribution in [0.5, 0.6) is 0 Å². The van der Waals surface area contributed by atoms with Crippen molar-refractivity contribution in [2.24, 2.45) is 0 Å². The minimum atomic E-state index is -0.614. The van der Waals surface area contributed by atoms with Crippen molar-refractivity contribution in [1.82, 2.24) is 4.90 Å². The minimum absolute atomic E-state index is 0.173. The molecule has 3 aromatic rings. The topological polar surface area (TPSA) is 88.9 Å². The van der Waals surface area contributed by atoms with Crippen LogP contribution in [0.25, 0.3) is 0 Å². The van der Waals surface area contributed by atoms with Crippen molar-refractivity contribution >= 4 is 45.5 Å². The van der Waals surface area contributed by atoms with Crippen molar-refractivity contribution in [2.45, 2.75) is 6.54 Å². The number of nitrogens with one attached hydrogen (secondary N) is 1. The zero-order valence-electron chi connectivity index (χ0n) is 14.3. The first-order chi connectivity index (χ1) is 13.0. The molecule has 1 N–H and O–H groups in total. The van der Waals surface area contributed by atoms with Gasteiger partial charge >= 0.3 is 5.97 Å². The molecule has 0 saturated heterocycles. The highest BCUT2D eigenvalue weighted by molar-refractivity contribution is 7.18. The molecule has 0 unspecified atom stereocenters. The van der Waals surface area contributed by atoms with Crippen molar-refractivity contribution in [2.75, 3.05) is 19.0 Å². The Hall–Kier alpha value is -2.91. The van der Waals surface area contributed by atoms with E-state index in [9.17, 15) is 14.4 Å². The Morgan fingerprint density at radius 3 is 2.74 bits per heavy atom. The van der Waals surface area contributed by atoms with Gasteiger partial charge in [-0.05, 0) is 35.7 Å². The first kappa shape index (κ1) is 18.9. The number of thiophene rings is 2. The zero-order chi connectivity index (χ0) is 19.2. The Bertz CT molecular complexity index is 916. The van der Waals surface area contributed by atoms with Crippen LogP contribution in [-0.2, 0) is 16.1 Å². The number of anilines is 1. The smallest absolute Gasteiger partial charge is 0.348 e. The number of nitrogens with zero attached hydrogens (tertiary/aromatic N) is 1. The third kappa shape index (κ3) is 5.05. The second-order valence-corrected chi connectivity index (χ2v) is 7.62. The number of likely N-dealkylation sites (N-methyl/N-ethyl adjacent to an activating group) is 1. The molecule has 0 bridgehead atoms. The molecular weight excluding hydrogens is 388 g/mol. The number of rotatable bonds is 7. The first-order valence-electron chi connectivity index (χ1n) is 7.91. The Balaban J connectivity index is 1.49. The van der Waals surface area contributed by atoms with Gasteiger partial charge in [-0.2, -0.15) is 0 Å². The highest BCUT2D eigenvalue weighted by Gasteiger charge is 2.17. The van der Waals surface area contributed by atoms with Crippen LogP contribution >= 0.6 is 22.7 Å². The van der Waals surface area contributed by atoms with Gasteiger partial charge in [0.05, 0.1) is 17.8 Å². The largest absolute Gasteiger partial charge is 0.459 e. The first-order valence-corrected chi connectivity index (χ1v) is 9.60. The van der Waals surface area contributed by atoms with Gasteiger partial charge in [0.2, 0.25) is 0 Å². The molecule has 0 saturated carbocycles. The third-order valence-electron chi connectivity index (χ3n) is 3.51. The van der Waals surface area contributed by atoms with Gasteiger partial charge in [0.15, 0.2) is 12.4 Å². The normalized spacial score (nSPS) is 10.4. The molecule has 3 aromatic heterocycles. The van der Waals surface area contributed by atoms with Crippen LogP contribution in [0, 0.1) is 0 Å². The van der Waals surface area contributed by atoms with Gasteiger partial charge in [0.1, 0.15) is 4.88 Å². The van der Waals surface area contributed by atoms with E-state index in [0.29, 0.717) is 16.4 Å². The summed E-state index contributed by atoms with van der Waals surface area (Å²) in [5.74, 6) is -1.14. The van der Waals surface area contributed by atoms with Crippen LogP contribution in [0.3, 0.4) is 0 Å². The summed E-state index contributed by atoms with van der Waals surface area (Å²) < 4.78 is 10.1. The number of amides is 2. The minimum Gasteiger partial charge on any atom is -0.459 e. The maximum Gasteiger partial charge on any atom is 0.348 e. The molecule has 0 aliphatic heterocycles. The molecule has 7 nitrogen and oxygen atoms in total. The molecular formula is C18H16N2O5S2. The second kappa shape index (κ2) is 8.65. The van der Waals surface area contributed by atoms with Crippen LogP contribution in [0.2, 0.25) is 0 Å². The average Bonchev–Trinajstić information content (AvgIpc) is 3.40. The van der Waals surface area contributed by atoms with Crippen molar-refractivity contribution in [3.63, 3.8) is 0 Å². The van der Waals surface area contributed by atoms with Crippen molar-refractivity contribution < 1.29 is 23.5 Å². The van der Waals surface area contributed by atoms with Crippen molar-refractivity contribution in [1.29, 1.82) is 0 Å². The van der Waals surface area contributed by atoms with Gasteiger partial charge in [0, 0.05) is 11.9 Å². The summed E-state index contributed by atoms with van der Waals surface area (Å²) in [5, 5.41) is 5.05. The Kier molecular flexibility index (Phi) is 6.05. The van der Waals surface area contributed by atoms with Gasteiger partial charge in [-0.3, -0.25) is 9.59 Å². The summed E-state index contributed by atoms with van der Waals surface area (Å²) in [4.78, 5) is 38.9. The van der Waals surface area contributed by atoms with E-state index in [0.717, 1.165) is 16.2 Å². The van der Waals surface area contributed by atoms with Gasteiger partial charge in [0.25, 0.3) is 11.8 Å². The van der Waals surface area contributed by atoms with E-state index in [4.69, 9.17) is 9.15 Å². The Labute approximate surface area is 163 Å². The number of ether oxygens (including phenoxy) is 1. The highest BCUT2D eigenvalue weighted by Crippen LogP contribution is 2.23. The number of furan rings is 1. The van der Waals surface area contributed by atoms with Crippen LogP contribution in [0.4, 0.5) is 5.00 Å². The zero-order valence-corrected chi connectivity index (χ0v) is 16.0. The van der Waals surface area contributed by atoms with E-state index in [1.807, 2.05) is 17.5 Å². The molecule has 3 heterocycles. The quantitative estimate of drug-likeness (QED) is 0.609. The van der Waals surface area contributed by atoms with Crippen molar-refractivity contribution in [3.8, 4) is 0 Å². The average molecular weight is 404 g/mol. The van der Waals surface area contributed by atoms with Gasteiger partial charge in [-0.15, -0.1) is 22.7 Å². The molecule has 3 rings (SSSR count). The standard InChI is InChI=1S/C18H16N2O5S2/c1-20(10-12-4-3-9-26-12)16(21)11-25-18(23)14-6-7-15(27-14)19-17(22)13-5-2-8-24-13/h2-9H,10-11H2,1H3,(H,19,22). The lowest BCUT2D eigenvalue weighted by molar-refractivity contribution is -0.133. The fourth-order valence-corrected chi connectivity index (χ4v) is 3.68. The number of esters is 1. The van der Waals surface area contributed by atoms with Gasteiger partial charge in [-0.25, -0.2) is 4.79 Å². The van der Waals surface area contributed by atoms with Crippen LogP contribution in [-0.4, -0.2) is 36.3 Å². The molecule has 0 radical (unpaired) electrons. The maximum absolute atomic E-state index is 12.1. The molecule has 2 amide bonds. The van der Waals surface area contributed by atoms with E-state index < -0.39 is 11.9 Å². The molecule has 0 aromatic carbocycles. The predicted octanol–water partition coefficient (Wildman–Crippen LogP) is 3.47. The van der Waals surface area contributed by atoms with Gasteiger partial charge < -0.3 is 19.4 Å². The van der Waals surface area contributed by atoms with E-state index >= 15 is 0 Å². The molecule has 0 spiro atoms. The monoisotopic (exact) mass is 404 g/mol.